The van der Waals surface area contributed by atoms with E-state index in [1.165, 1.54) is 6.07 Å². The molecule has 0 aliphatic carbocycles. The number of ether oxygens (including phenoxy) is 1. The maximum absolute atomic E-state index is 15.2. The highest BCUT2D eigenvalue weighted by Gasteiger charge is 2.27. The van der Waals surface area contributed by atoms with Gasteiger partial charge in [-0.05, 0) is 57.5 Å². The number of nitrogens with one attached hydrogen (secondary N) is 1. The van der Waals surface area contributed by atoms with Crippen molar-refractivity contribution in [2.75, 3.05) is 36.4 Å². The van der Waals surface area contributed by atoms with Crippen molar-refractivity contribution in [2.24, 2.45) is 0 Å². The molecule has 1 aliphatic rings. The number of aromatic nitrogens is 3. The third kappa shape index (κ3) is 5.75. The number of carbonyl (C=O) groups is 1. The van der Waals surface area contributed by atoms with Gasteiger partial charge in [0, 0.05) is 55.6 Å². The third-order valence-corrected chi connectivity index (χ3v) is 6.70. The van der Waals surface area contributed by atoms with Crippen molar-refractivity contribution < 1.29 is 13.9 Å². The van der Waals surface area contributed by atoms with Crippen molar-refractivity contribution in [1.82, 2.24) is 19.4 Å². The van der Waals surface area contributed by atoms with Crippen molar-refractivity contribution in [3.05, 3.63) is 77.0 Å². The monoisotopic (exact) mass is 544 g/mol. The molecule has 1 saturated heterocycles. The lowest BCUT2D eigenvalue weighted by atomic mass is 10.1. The van der Waals surface area contributed by atoms with Crippen LogP contribution >= 0.6 is 0 Å². The highest BCUT2D eigenvalue weighted by atomic mass is 19.1. The Hall–Kier alpha value is -4.47. The van der Waals surface area contributed by atoms with Crippen LogP contribution in [0.1, 0.15) is 27.7 Å². The van der Waals surface area contributed by atoms with Crippen molar-refractivity contribution in [2.45, 2.75) is 39.8 Å². The summed E-state index contributed by atoms with van der Waals surface area (Å²) in [6.07, 6.45) is 1.31. The normalized spacial score (nSPS) is 13.9. The summed E-state index contributed by atoms with van der Waals surface area (Å²) in [7, 11) is 0. The van der Waals surface area contributed by atoms with E-state index in [0.717, 1.165) is 10.9 Å². The summed E-state index contributed by atoms with van der Waals surface area (Å²) in [4.78, 5) is 38.1. The van der Waals surface area contributed by atoms with E-state index in [-0.39, 0.29) is 17.6 Å². The highest BCUT2D eigenvalue weighted by molar-refractivity contribution is 5.82. The molecule has 9 nitrogen and oxygen atoms in total. The smallest absolute Gasteiger partial charge is 0.410 e. The van der Waals surface area contributed by atoms with E-state index >= 15 is 4.39 Å². The Bertz CT molecular complexity index is 1590. The van der Waals surface area contributed by atoms with E-state index in [2.05, 4.69) is 15.3 Å². The van der Waals surface area contributed by atoms with Crippen molar-refractivity contribution >= 4 is 34.4 Å². The fraction of sp³-hybridized carbons (Fsp3) is 0.333. The Kier molecular flexibility index (Phi) is 7.42. The second-order valence-electron chi connectivity index (χ2n) is 10.7. The Labute approximate surface area is 232 Å². The first-order valence-electron chi connectivity index (χ1n) is 13.4. The topological polar surface area (TPSA) is 92.6 Å². The summed E-state index contributed by atoms with van der Waals surface area (Å²) >= 11 is 0. The third-order valence-electron chi connectivity index (χ3n) is 6.70. The van der Waals surface area contributed by atoms with Crippen LogP contribution in [0.3, 0.4) is 0 Å². The molecule has 40 heavy (non-hydrogen) atoms. The number of rotatable bonds is 5. The molecule has 0 atom stereocenters. The number of benzene rings is 2. The molecule has 208 valence electrons. The van der Waals surface area contributed by atoms with Gasteiger partial charge in [0.05, 0.1) is 5.69 Å². The summed E-state index contributed by atoms with van der Waals surface area (Å²) in [5.74, 6) is -0.130. The number of piperazine rings is 1. The molecule has 0 bridgehead atoms. The molecule has 0 unspecified atom stereocenters. The quantitative estimate of drug-likeness (QED) is 0.359. The van der Waals surface area contributed by atoms with Crippen molar-refractivity contribution in [3.63, 3.8) is 0 Å². The fourth-order valence-electron chi connectivity index (χ4n) is 4.76. The first-order chi connectivity index (χ1) is 19.1. The molecule has 3 heterocycles. The van der Waals surface area contributed by atoms with Gasteiger partial charge in [0.15, 0.2) is 0 Å². The number of halogens is 1. The molecule has 2 aromatic carbocycles. The number of anilines is 3. The molecular formula is C30H33FN6O3. The molecule has 1 N–H and O–H groups in total. The maximum Gasteiger partial charge on any atom is 0.410 e. The average molecular weight is 545 g/mol. The minimum absolute atomic E-state index is 0.131. The lowest BCUT2D eigenvalue weighted by molar-refractivity contribution is 0.0240. The predicted molar refractivity (Wildman–Crippen MR) is 155 cm³/mol. The molecule has 4 aromatic rings. The summed E-state index contributed by atoms with van der Waals surface area (Å²) in [6.45, 7) is 9.73. The van der Waals surface area contributed by atoms with Gasteiger partial charge in [-0.15, -0.1) is 0 Å². The Balaban J connectivity index is 1.32. The van der Waals surface area contributed by atoms with Crippen LogP contribution in [0.5, 0.6) is 0 Å². The minimum Gasteiger partial charge on any atom is -0.444 e. The van der Waals surface area contributed by atoms with Gasteiger partial charge >= 0.3 is 6.09 Å². The predicted octanol–water partition coefficient (Wildman–Crippen LogP) is 5.42. The molecule has 10 heteroatoms. The van der Waals surface area contributed by atoms with Gasteiger partial charge in [-0.3, -0.25) is 9.36 Å². The van der Waals surface area contributed by atoms with E-state index in [9.17, 15) is 9.59 Å². The van der Waals surface area contributed by atoms with E-state index in [4.69, 9.17) is 4.74 Å². The summed E-state index contributed by atoms with van der Waals surface area (Å²) in [5.41, 5.74) is 2.18. The number of hydrogen-bond donors (Lipinski definition) is 1. The van der Waals surface area contributed by atoms with Crippen LogP contribution in [0, 0.1) is 5.82 Å². The van der Waals surface area contributed by atoms with E-state index in [1.54, 1.807) is 33.9 Å². The summed E-state index contributed by atoms with van der Waals surface area (Å²) in [5, 5.41) is 3.80. The standard InChI is InChI=1S/C30H33FN6O3/c1-5-37-26-21(17-23(27(37)38)20-9-7-6-8-10-20)19-32-28(34-26)33-22-11-12-25(24(31)18-22)35-13-15-36(16-14-35)29(39)40-30(2,3)4/h6-12,17-19H,5,13-16H2,1-4H3,(H,32,33,34). The van der Waals surface area contributed by atoms with Crippen molar-refractivity contribution in [1.29, 1.82) is 0 Å². The van der Waals surface area contributed by atoms with Crippen LogP contribution in [0.2, 0.25) is 0 Å². The zero-order valence-electron chi connectivity index (χ0n) is 23.1. The number of aryl methyl sites for hydroxylation is 1. The molecule has 5 rings (SSSR count). The number of pyridine rings is 1. The maximum atomic E-state index is 15.2. The zero-order chi connectivity index (χ0) is 28.4. The second kappa shape index (κ2) is 11.0. The van der Waals surface area contributed by atoms with Crippen LogP contribution in [-0.4, -0.2) is 57.3 Å². The molecule has 1 fully saturated rings. The van der Waals surface area contributed by atoms with Gasteiger partial charge < -0.3 is 19.9 Å². The molecule has 1 aliphatic heterocycles. The van der Waals surface area contributed by atoms with Crippen LogP contribution in [0.25, 0.3) is 22.2 Å². The summed E-state index contributed by atoms with van der Waals surface area (Å²) < 4.78 is 22.2. The Morgan fingerprint density at radius 2 is 1.77 bits per heavy atom. The molecule has 1 amide bonds. The lowest BCUT2D eigenvalue weighted by Crippen LogP contribution is -2.50. The zero-order valence-corrected chi connectivity index (χ0v) is 23.1. The molecule has 0 spiro atoms. The van der Waals surface area contributed by atoms with Crippen LogP contribution in [0.4, 0.5) is 26.5 Å². The first kappa shape index (κ1) is 27.1. The van der Waals surface area contributed by atoms with Gasteiger partial charge in [-0.1, -0.05) is 30.3 Å². The van der Waals surface area contributed by atoms with Gasteiger partial charge in [0.1, 0.15) is 17.1 Å². The van der Waals surface area contributed by atoms with E-state index in [1.807, 2.05) is 62.9 Å². The molecule has 0 saturated carbocycles. The molecule has 2 aromatic heterocycles. The van der Waals surface area contributed by atoms with E-state index < -0.39 is 11.4 Å². The number of fused-ring (bicyclic) bond motifs is 1. The SMILES string of the molecule is CCn1c(=O)c(-c2ccccc2)cc2cnc(Nc3ccc(N4CCN(C(=O)OC(C)(C)C)CC4)c(F)c3)nc21. The van der Waals surface area contributed by atoms with Gasteiger partial charge in [-0.25, -0.2) is 14.2 Å². The highest BCUT2D eigenvalue weighted by Crippen LogP contribution is 2.27. The average Bonchev–Trinajstić information content (AvgIpc) is 2.92. The lowest BCUT2D eigenvalue weighted by Gasteiger charge is -2.36. The Morgan fingerprint density at radius 1 is 1.05 bits per heavy atom. The number of amides is 1. The van der Waals surface area contributed by atoms with Crippen LogP contribution < -0.4 is 15.8 Å². The number of hydrogen-bond acceptors (Lipinski definition) is 7. The largest absolute Gasteiger partial charge is 0.444 e. The molecular weight excluding hydrogens is 511 g/mol. The number of nitrogens with zero attached hydrogens (tertiary/aromatic N) is 5. The first-order valence-corrected chi connectivity index (χ1v) is 13.4. The minimum atomic E-state index is -0.558. The van der Waals surface area contributed by atoms with Gasteiger partial charge in [0.2, 0.25) is 5.95 Å². The Morgan fingerprint density at radius 3 is 2.42 bits per heavy atom. The number of carbonyl (C=O) groups excluding carboxylic acids is 1. The molecule has 0 radical (unpaired) electrons. The van der Waals surface area contributed by atoms with Gasteiger partial charge in [0.25, 0.3) is 5.56 Å². The van der Waals surface area contributed by atoms with Crippen molar-refractivity contribution in [3.8, 4) is 11.1 Å². The van der Waals surface area contributed by atoms with Gasteiger partial charge in [-0.2, -0.15) is 4.98 Å². The van der Waals surface area contributed by atoms with Crippen LogP contribution in [0.15, 0.2) is 65.6 Å². The van der Waals surface area contributed by atoms with E-state index in [0.29, 0.717) is 55.3 Å². The summed E-state index contributed by atoms with van der Waals surface area (Å²) in [6, 6.07) is 16.2. The van der Waals surface area contributed by atoms with Crippen LogP contribution in [-0.2, 0) is 11.3 Å². The second-order valence-corrected chi connectivity index (χ2v) is 10.7. The fourth-order valence-corrected chi connectivity index (χ4v) is 4.76.